The molecule has 0 bridgehead atoms. The molecule has 0 aliphatic rings. The predicted octanol–water partition coefficient (Wildman–Crippen LogP) is 1.40. The third-order valence-corrected chi connectivity index (χ3v) is 3.17. The first-order valence-electron chi connectivity index (χ1n) is 5.59. The van der Waals surface area contributed by atoms with E-state index < -0.39 is 0 Å². The van der Waals surface area contributed by atoms with Gasteiger partial charge >= 0.3 is 0 Å². The molecule has 1 unspecified atom stereocenters. The summed E-state index contributed by atoms with van der Waals surface area (Å²) in [5.41, 5.74) is 10.3. The Morgan fingerprint density at radius 3 is 2.83 bits per heavy atom. The van der Waals surface area contributed by atoms with Gasteiger partial charge in [0.15, 0.2) is 0 Å². The van der Waals surface area contributed by atoms with Crippen molar-refractivity contribution in [1.29, 1.82) is 0 Å². The first-order chi connectivity index (χ1) is 8.61. The monoisotopic (exact) mass is 265 g/mol. The zero-order valence-corrected chi connectivity index (χ0v) is 10.9. The Bertz CT molecular complexity index is 537. The molecule has 1 atom stereocenters. The maximum atomic E-state index is 5.96. The van der Waals surface area contributed by atoms with Crippen molar-refractivity contribution in [3.05, 3.63) is 47.0 Å². The third-order valence-electron chi connectivity index (χ3n) is 2.93. The van der Waals surface area contributed by atoms with E-state index in [9.17, 15) is 0 Å². The van der Waals surface area contributed by atoms with E-state index in [0.717, 1.165) is 11.4 Å². The molecule has 96 valence electrons. The number of hydrogen-bond acceptors (Lipinski definition) is 4. The molecule has 0 spiro atoms. The van der Waals surface area contributed by atoms with Crippen molar-refractivity contribution in [2.24, 2.45) is 12.9 Å². The lowest BCUT2D eigenvalue weighted by Crippen LogP contribution is -2.30. The van der Waals surface area contributed by atoms with Gasteiger partial charge in [-0.25, -0.2) is 4.98 Å². The van der Waals surface area contributed by atoms with Crippen LogP contribution < -0.4 is 17.0 Å². The molecule has 0 aliphatic carbocycles. The lowest BCUT2D eigenvalue weighted by Gasteiger charge is -2.18. The molecule has 0 aliphatic heterocycles. The second-order valence-corrected chi connectivity index (χ2v) is 4.59. The maximum Gasteiger partial charge on any atom is 0.110 e. The number of rotatable bonds is 4. The summed E-state index contributed by atoms with van der Waals surface area (Å²) in [7, 11) is 1.95. The highest BCUT2D eigenvalue weighted by Crippen LogP contribution is 2.25. The number of nitrogens with one attached hydrogen (secondary N) is 1. The van der Waals surface area contributed by atoms with Crippen LogP contribution in [0.25, 0.3) is 0 Å². The van der Waals surface area contributed by atoms with E-state index in [-0.39, 0.29) is 6.04 Å². The molecule has 1 aromatic heterocycles. The van der Waals surface area contributed by atoms with Gasteiger partial charge in [-0.3, -0.25) is 11.3 Å². The summed E-state index contributed by atoms with van der Waals surface area (Å²) in [6, 6.07) is 5.31. The summed E-state index contributed by atoms with van der Waals surface area (Å²) in [6.07, 6.45) is 4.31. The number of hydrazine groups is 1. The number of anilines is 1. The van der Waals surface area contributed by atoms with E-state index in [4.69, 9.17) is 23.2 Å². The average Bonchev–Trinajstić information content (AvgIpc) is 2.73. The van der Waals surface area contributed by atoms with Crippen LogP contribution in [0.15, 0.2) is 30.6 Å². The molecule has 2 rings (SSSR count). The van der Waals surface area contributed by atoms with Crippen molar-refractivity contribution < 1.29 is 0 Å². The first-order valence-corrected chi connectivity index (χ1v) is 5.97. The topological polar surface area (TPSA) is 81.9 Å². The normalized spacial score (nSPS) is 12.6. The summed E-state index contributed by atoms with van der Waals surface area (Å²) >= 11 is 5.88. The largest absolute Gasteiger partial charge is 0.398 e. The Morgan fingerprint density at radius 1 is 1.50 bits per heavy atom. The van der Waals surface area contributed by atoms with Crippen LogP contribution in [0.1, 0.15) is 17.4 Å². The SMILES string of the molecule is Cn1ccnc1CC(NN)c1ccc(Cl)cc1N. The molecule has 2 aromatic rings. The molecule has 1 aromatic carbocycles. The van der Waals surface area contributed by atoms with Crippen LogP contribution in [-0.4, -0.2) is 9.55 Å². The van der Waals surface area contributed by atoms with Crippen LogP contribution in [0.4, 0.5) is 5.69 Å². The lowest BCUT2D eigenvalue weighted by atomic mass is 10.0. The molecule has 0 radical (unpaired) electrons. The highest BCUT2D eigenvalue weighted by molar-refractivity contribution is 6.30. The molecule has 0 saturated carbocycles. The Balaban J connectivity index is 2.26. The minimum atomic E-state index is -0.0941. The summed E-state index contributed by atoms with van der Waals surface area (Å²) in [6.45, 7) is 0. The van der Waals surface area contributed by atoms with Crippen LogP contribution in [-0.2, 0) is 13.5 Å². The van der Waals surface area contributed by atoms with Crippen molar-refractivity contribution in [3.63, 3.8) is 0 Å². The average molecular weight is 266 g/mol. The maximum absolute atomic E-state index is 5.96. The second kappa shape index (κ2) is 5.39. The van der Waals surface area contributed by atoms with E-state index >= 15 is 0 Å². The summed E-state index contributed by atoms with van der Waals surface area (Å²) in [5.74, 6) is 6.54. The molecule has 5 nitrogen and oxygen atoms in total. The fourth-order valence-electron chi connectivity index (χ4n) is 1.90. The lowest BCUT2D eigenvalue weighted by molar-refractivity contribution is 0.531. The van der Waals surface area contributed by atoms with Gasteiger partial charge in [-0.1, -0.05) is 17.7 Å². The second-order valence-electron chi connectivity index (χ2n) is 4.15. The molecule has 0 amide bonds. The fraction of sp³-hybridized carbons (Fsp3) is 0.250. The number of nitrogen functional groups attached to an aromatic ring is 1. The summed E-state index contributed by atoms with van der Waals surface area (Å²) in [4.78, 5) is 4.28. The van der Waals surface area contributed by atoms with E-state index in [0.29, 0.717) is 17.1 Å². The quantitative estimate of drug-likeness (QED) is 0.443. The number of imidazole rings is 1. The molecule has 6 heteroatoms. The van der Waals surface area contributed by atoms with Crippen LogP contribution in [0, 0.1) is 0 Å². The highest BCUT2D eigenvalue weighted by atomic mass is 35.5. The van der Waals surface area contributed by atoms with Crippen molar-refractivity contribution >= 4 is 17.3 Å². The number of aromatic nitrogens is 2. The molecular formula is C12H16ClN5. The molecule has 0 fully saturated rings. The van der Waals surface area contributed by atoms with Gasteiger partial charge in [0, 0.05) is 36.6 Å². The summed E-state index contributed by atoms with van der Waals surface area (Å²) in [5, 5.41) is 0.615. The zero-order chi connectivity index (χ0) is 13.1. The first kappa shape index (κ1) is 12.9. The van der Waals surface area contributed by atoms with Crippen molar-refractivity contribution in [2.45, 2.75) is 12.5 Å². The van der Waals surface area contributed by atoms with Gasteiger partial charge in [0.1, 0.15) is 5.82 Å². The van der Waals surface area contributed by atoms with E-state index in [2.05, 4.69) is 10.4 Å². The Kier molecular flexibility index (Phi) is 3.86. The van der Waals surface area contributed by atoms with E-state index in [1.165, 1.54) is 0 Å². The predicted molar refractivity (Wildman–Crippen MR) is 72.8 cm³/mol. The highest BCUT2D eigenvalue weighted by Gasteiger charge is 2.15. The van der Waals surface area contributed by atoms with Gasteiger partial charge in [0.05, 0.1) is 6.04 Å². The van der Waals surface area contributed by atoms with Gasteiger partial charge in [-0.15, -0.1) is 0 Å². The van der Waals surface area contributed by atoms with Crippen molar-refractivity contribution in [1.82, 2.24) is 15.0 Å². The Hall–Kier alpha value is -1.56. The fourth-order valence-corrected chi connectivity index (χ4v) is 2.08. The minimum Gasteiger partial charge on any atom is -0.398 e. The zero-order valence-electron chi connectivity index (χ0n) is 10.1. The van der Waals surface area contributed by atoms with Crippen molar-refractivity contribution in [3.8, 4) is 0 Å². The Labute approximate surface area is 111 Å². The van der Waals surface area contributed by atoms with Crippen LogP contribution >= 0.6 is 11.6 Å². The molecular weight excluding hydrogens is 250 g/mol. The number of nitrogens with two attached hydrogens (primary N) is 2. The number of hydrogen-bond donors (Lipinski definition) is 3. The van der Waals surface area contributed by atoms with E-state index in [1.54, 1.807) is 18.3 Å². The number of nitrogens with zero attached hydrogens (tertiary/aromatic N) is 2. The van der Waals surface area contributed by atoms with Crippen molar-refractivity contribution in [2.75, 3.05) is 5.73 Å². The molecule has 1 heterocycles. The Morgan fingerprint density at radius 2 is 2.28 bits per heavy atom. The number of aryl methyl sites for hydroxylation is 1. The standard InChI is InChI=1S/C12H16ClN5/c1-18-5-4-16-12(18)7-11(17-15)9-3-2-8(13)6-10(9)14/h2-6,11,17H,7,14-15H2,1H3. The third kappa shape index (κ3) is 2.64. The van der Waals surface area contributed by atoms with Gasteiger partial charge in [0.2, 0.25) is 0 Å². The van der Waals surface area contributed by atoms with Gasteiger partial charge in [0.25, 0.3) is 0 Å². The van der Waals surface area contributed by atoms with Gasteiger partial charge in [-0.2, -0.15) is 0 Å². The van der Waals surface area contributed by atoms with Crippen LogP contribution in [0.2, 0.25) is 5.02 Å². The van der Waals surface area contributed by atoms with E-state index in [1.807, 2.05) is 23.9 Å². The summed E-state index contributed by atoms with van der Waals surface area (Å²) < 4.78 is 1.95. The van der Waals surface area contributed by atoms with Crippen LogP contribution in [0.3, 0.4) is 0 Å². The molecule has 5 N–H and O–H groups in total. The molecule has 18 heavy (non-hydrogen) atoms. The van der Waals surface area contributed by atoms with Gasteiger partial charge in [-0.05, 0) is 17.7 Å². The number of benzene rings is 1. The minimum absolute atomic E-state index is 0.0941. The van der Waals surface area contributed by atoms with Gasteiger partial charge < -0.3 is 10.3 Å². The number of halogens is 1. The molecule has 0 saturated heterocycles. The van der Waals surface area contributed by atoms with Crippen LogP contribution in [0.5, 0.6) is 0 Å². The smallest absolute Gasteiger partial charge is 0.110 e.